The number of aliphatic hydroxyl groups excluding tert-OH is 1. The molecule has 0 aromatic heterocycles. The van der Waals surface area contributed by atoms with Gasteiger partial charge in [-0.1, -0.05) is 30.3 Å². The first-order valence-electron chi connectivity index (χ1n) is 5.42. The minimum absolute atomic E-state index is 0.134. The molecule has 1 aliphatic rings. The minimum atomic E-state index is -0.142. The number of aliphatic hydroxyl groups is 1. The summed E-state index contributed by atoms with van der Waals surface area (Å²) >= 11 is 0. The van der Waals surface area contributed by atoms with E-state index >= 15 is 0 Å². The predicted molar refractivity (Wildman–Crippen MR) is 59.6 cm³/mol. The summed E-state index contributed by atoms with van der Waals surface area (Å²) in [6.07, 6.45) is 0. The molecule has 2 N–H and O–H groups in total. The Kier molecular flexibility index (Phi) is 3.90. The Morgan fingerprint density at radius 2 is 2.06 bits per heavy atom. The first kappa shape index (κ1) is 11.5. The zero-order valence-corrected chi connectivity index (χ0v) is 9.19. The zero-order valence-electron chi connectivity index (χ0n) is 9.19. The molecule has 2 rings (SSSR count). The summed E-state index contributed by atoms with van der Waals surface area (Å²) in [5.74, 6) is 0. The molecule has 4 heteroatoms. The second-order valence-electron chi connectivity index (χ2n) is 4.25. The number of rotatable bonds is 6. The summed E-state index contributed by atoms with van der Waals surface area (Å²) in [6, 6.07) is 9.95. The van der Waals surface area contributed by atoms with Crippen LogP contribution in [0.25, 0.3) is 0 Å². The molecule has 0 aliphatic carbocycles. The average molecular weight is 223 g/mol. The molecule has 0 radical (unpaired) electrons. The Morgan fingerprint density at radius 3 is 2.62 bits per heavy atom. The molecule has 1 aromatic carbocycles. The fourth-order valence-corrected chi connectivity index (χ4v) is 1.55. The van der Waals surface area contributed by atoms with Gasteiger partial charge in [0.25, 0.3) is 0 Å². The lowest BCUT2D eigenvalue weighted by Gasteiger charge is -2.39. The second-order valence-corrected chi connectivity index (χ2v) is 4.25. The number of nitrogens with one attached hydrogen (secondary N) is 1. The topological polar surface area (TPSA) is 50.7 Å². The Morgan fingerprint density at radius 1 is 1.31 bits per heavy atom. The van der Waals surface area contributed by atoms with E-state index in [1.807, 2.05) is 30.3 Å². The van der Waals surface area contributed by atoms with Crippen LogP contribution < -0.4 is 5.48 Å². The van der Waals surface area contributed by atoms with Crippen molar-refractivity contribution in [3.63, 3.8) is 0 Å². The minimum Gasteiger partial charge on any atom is -0.396 e. The monoisotopic (exact) mass is 223 g/mol. The predicted octanol–water partition coefficient (Wildman–Crippen LogP) is 0.717. The van der Waals surface area contributed by atoms with Crippen LogP contribution in [0.5, 0.6) is 0 Å². The van der Waals surface area contributed by atoms with Gasteiger partial charge in [-0.2, -0.15) is 0 Å². The third kappa shape index (κ3) is 2.80. The van der Waals surface area contributed by atoms with Crippen LogP contribution in [0.1, 0.15) is 5.56 Å². The van der Waals surface area contributed by atoms with Crippen molar-refractivity contribution in [3.8, 4) is 0 Å². The Hall–Kier alpha value is -0.940. The van der Waals surface area contributed by atoms with Crippen molar-refractivity contribution in [2.75, 3.05) is 26.4 Å². The van der Waals surface area contributed by atoms with Gasteiger partial charge in [-0.05, 0) is 5.56 Å². The zero-order chi connectivity index (χ0) is 11.3. The molecule has 16 heavy (non-hydrogen) atoms. The molecule has 88 valence electrons. The largest absolute Gasteiger partial charge is 0.396 e. The highest BCUT2D eigenvalue weighted by molar-refractivity contribution is 5.13. The summed E-state index contributed by atoms with van der Waals surface area (Å²) in [7, 11) is 0. The van der Waals surface area contributed by atoms with Crippen molar-refractivity contribution in [2.45, 2.75) is 6.61 Å². The molecule has 4 nitrogen and oxygen atoms in total. The number of hydrogen-bond donors (Lipinski definition) is 2. The van der Waals surface area contributed by atoms with Crippen LogP contribution in [0, 0.1) is 5.41 Å². The molecule has 1 heterocycles. The van der Waals surface area contributed by atoms with E-state index in [4.69, 9.17) is 9.57 Å². The van der Waals surface area contributed by atoms with Gasteiger partial charge in [0.2, 0.25) is 0 Å². The first-order valence-corrected chi connectivity index (χ1v) is 5.42. The summed E-state index contributed by atoms with van der Waals surface area (Å²) < 4.78 is 5.09. The van der Waals surface area contributed by atoms with E-state index in [0.29, 0.717) is 26.4 Å². The van der Waals surface area contributed by atoms with Gasteiger partial charge in [-0.15, -0.1) is 0 Å². The van der Waals surface area contributed by atoms with Crippen molar-refractivity contribution in [3.05, 3.63) is 35.9 Å². The van der Waals surface area contributed by atoms with Crippen LogP contribution in [0.2, 0.25) is 0 Å². The van der Waals surface area contributed by atoms with Gasteiger partial charge >= 0.3 is 0 Å². The van der Waals surface area contributed by atoms with Gasteiger partial charge in [-0.25, -0.2) is 5.48 Å². The standard InChI is InChI=1S/C12H17NO3/c14-8-12(9-15-10-12)7-13-16-6-11-4-2-1-3-5-11/h1-5,13-14H,6-10H2. The van der Waals surface area contributed by atoms with Crippen LogP contribution in [-0.2, 0) is 16.2 Å². The number of benzene rings is 1. The lowest BCUT2D eigenvalue weighted by molar-refractivity contribution is -0.151. The maximum Gasteiger partial charge on any atom is 0.0933 e. The quantitative estimate of drug-likeness (QED) is 0.551. The molecule has 0 saturated carbocycles. The second kappa shape index (κ2) is 5.41. The molecule has 0 spiro atoms. The molecule has 1 aromatic rings. The third-order valence-electron chi connectivity index (χ3n) is 2.78. The lowest BCUT2D eigenvalue weighted by Crippen LogP contribution is -2.52. The Labute approximate surface area is 95.1 Å². The maximum absolute atomic E-state index is 9.18. The van der Waals surface area contributed by atoms with Gasteiger partial charge in [-0.3, -0.25) is 4.84 Å². The summed E-state index contributed by atoms with van der Waals surface area (Å²) in [5.41, 5.74) is 3.87. The number of hydrogen-bond acceptors (Lipinski definition) is 4. The fraction of sp³-hybridized carbons (Fsp3) is 0.500. The fourth-order valence-electron chi connectivity index (χ4n) is 1.55. The molecule has 0 amide bonds. The summed E-state index contributed by atoms with van der Waals surface area (Å²) in [4.78, 5) is 5.34. The number of ether oxygens (including phenoxy) is 1. The third-order valence-corrected chi connectivity index (χ3v) is 2.78. The molecule has 1 fully saturated rings. The van der Waals surface area contributed by atoms with E-state index < -0.39 is 0 Å². The molecule has 1 aliphatic heterocycles. The normalized spacial score (nSPS) is 18.1. The lowest BCUT2D eigenvalue weighted by atomic mass is 9.87. The van der Waals surface area contributed by atoms with Crippen LogP contribution >= 0.6 is 0 Å². The molecule has 1 saturated heterocycles. The van der Waals surface area contributed by atoms with E-state index in [9.17, 15) is 5.11 Å². The highest BCUT2D eigenvalue weighted by atomic mass is 16.6. The van der Waals surface area contributed by atoms with Crippen LogP contribution in [0.4, 0.5) is 0 Å². The van der Waals surface area contributed by atoms with Crippen LogP contribution in [0.15, 0.2) is 30.3 Å². The molecule has 0 atom stereocenters. The molecular weight excluding hydrogens is 206 g/mol. The van der Waals surface area contributed by atoms with Gasteiger partial charge < -0.3 is 9.84 Å². The van der Waals surface area contributed by atoms with Crippen LogP contribution in [0.3, 0.4) is 0 Å². The summed E-state index contributed by atoms with van der Waals surface area (Å²) in [5, 5.41) is 9.18. The summed E-state index contributed by atoms with van der Waals surface area (Å²) in [6.45, 7) is 2.49. The van der Waals surface area contributed by atoms with Gasteiger partial charge in [0.15, 0.2) is 0 Å². The van der Waals surface area contributed by atoms with E-state index in [1.54, 1.807) is 0 Å². The van der Waals surface area contributed by atoms with Crippen LogP contribution in [-0.4, -0.2) is 31.5 Å². The van der Waals surface area contributed by atoms with E-state index in [1.165, 1.54) is 0 Å². The van der Waals surface area contributed by atoms with Crippen molar-refractivity contribution >= 4 is 0 Å². The van der Waals surface area contributed by atoms with Gasteiger partial charge in [0.05, 0.1) is 31.8 Å². The van der Waals surface area contributed by atoms with Gasteiger partial charge in [0, 0.05) is 6.54 Å². The smallest absolute Gasteiger partial charge is 0.0933 e. The van der Waals surface area contributed by atoms with E-state index in [2.05, 4.69) is 5.48 Å². The van der Waals surface area contributed by atoms with E-state index in [0.717, 1.165) is 5.56 Å². The highest BCUT2D eigenvalue weighted by Crippen LogP contribution is 2.25. The van der Waals surface area contributed by atoms with E-state index in [-0.39, 0.29) is 12.0 Å². The van der Waals surface area contributed by atoms with Crippen molar-refractivity contribution in [2.24, 2.45) is 5.41 Å². The first-order chi connectivity index (χ1) is 7.85. The highest BCUT2D eigenvalue weighted by Gasteiger charge is 2.37. The SMILES string of the molecule is OCC1(CNOCc2ccccc2)COC1. The average Bonchev–Trinajstić information content (AvgIpc) is 2.29. The molecule has 0 unspecified atom stereocenters. The Bertz CT molecular complexity index is 306. The molecule has 0 bridgehead atoms. The van der Waals surface area contributed by atoms with Crippen molar-refractivity contribution in [1.29, 1.82) is 0 Å². The number of hydroxylamine groups is 1. The Balaban J connectivity index is 1.65. The molecular formula is C12H17NO3. The van der Waals surface area contributed by atoms with Gasteiger partial charge in [0.1, 0.15) is 0 Å². The van der Waals surface area contributed by atoms with Crippen molar-refractivity contribution < 1.29 is 14.7 Å². The van der Waals surface area contributed by atoms with Crippen molar-refractivity contribution in [1.82, 2.24) is 5.48 Å². The maximum atomic E-state index is 9.18.